The number of aromatic nitrogens is 1. The molecular weight excluding hydrogens is 600 g/mol. The Labute approximate surface area is 245 Å². The van der Waals surface area contributed by atoms with E-state index in [2.05, 4.69) is 10.3 Å². The number of rotatable bonds is 10. The van der Waals surface area contributed by atoms with Gasteiger partial charge in [0.1, 0.15) is 17.3 Å². The number of Topliss-reactive ketones (excluding diaryl/α,β-unsaturated/α-hetero) is 1. The fraction of sp³-hybridized carbons (Fsp3) is 0.194. The van der Waals surface area contributed by atoms with Gasteiger partial charge in [-0.05, 0) is 65.6 Å². The summed E-state index contributed by atoms with van der Waals surface area (Å²) in [6.07, 6.45) is -8.69. The number of pyridine rings is 1. The number of nitrogens with zero attached hydrogens (tertiary/aromatic N) is 1. The van der Waals surface area contributed by atoms with Crippen molar-refractivity contribution in [3.63, 3.8) is 0 Å². The number of alkyl halides is 6. The van der Waals surface area contributed by atoms with E-state index in [1.807, 2.05) is 0 Å². The third-order valence-corrected chi connectivity index (χ3v) is 6.62. The molecule has 0 radical (unpaired) electrons. The summed E-state index contributed by atoms with van der Waals surface area (Å²) < 4.78 is 110. The average Bonchev–Trinajstić information content (AvgIpc) is 2.95. The van der Waals surface area contributed by atoms with Crippen LogP contribution in [0.2, 0.25) is 0 Å². The van der Waals surface area contributed by atoms with E-state index in [9.17, 15) is 44.7 Å². The summed E-state index contributed by atoms with van der Waals surface area (Å²) in [5, 5.41) is 11.5. The van der Waals surface area contributed by atoms with Gasteiger partial charge in [-0.3, -0.25) is 14.6 Å². The number of carboxylic acids is 1. The lowest BCUT2D eigenvalue weighted by atomic mass is 9.96. The van der Waals surface area contributed by atoms with Crippen molar-refractivity contribution in [2.45, 2.75) is 38.2 Å². The SMILES string of the molecule is O=C(O)CCCC(=O)c1ccc(-c2cc(C(F)(F)F)ccc2CNc2ccc(-c3ccc(F)cc3F)c(C(F)(F)F)c2)cn1. The van der Waals surface area contributed by atoms with Crippen LogP contribution in [-0.2, 0) is 23.7 Å². The number of hydrogen-bond donors (Lipinski definition) is 2. The molecule has 5 nitrogen and oxygen atoms in total. The zero-order valence-electron chi connectivity index (χ0n) is 22.5. The minimum Gasteiger partial charge on any atom is -0.481 e. The first kappa shape index (κ1) is 32.1. The van der Waals surface area contributed by atoms with E-state index in [1.165, 1.54) is 24.4 Å². The molecule has 13 heteroatoms. The van der Waals surface area contributed by atoms with Crippen molar-refractivity contribution in [3.8, 4) is 22.3 Å². The summed E-state index contributed by atoms with van der Waals surface area (Å²) in [7, 11) is 0. The summed E-state index contributed by atoms with van der Waals surface area (Å²) in [5.41, 5.74) is -2.80. The lowest BCUT2D eigenvalue weighted by molar-refractivity contribution is -0.138. The molecule has 2 N–H and O–H groups in total. The van der Waals surface area contributed by atoms with E-state index >= 15 is 0 Å². The van der Waals surface area contributed by atoms with Gasteiger partial charge in [-0.15, -0.1) is 0 Å². The quantitative estimate of drug-likeness (QED) is 0.137. The minimum absolute atomic E-state index is 0.0110. The first-order valence-electron chi connectivity index (χ1n) is 13.0. The Morgan fingerprint density at radius 1 is 0.773 bits per heavy atom. The van der Waals surface area contributed by atoms with Crippen molar-refractivity contribution in [2.24, 2.45) is 0 Å². The lowest BCUT2D eigenvalue weighted by Gasteiger charge is -2.18. The van der Waals surface area contributed by atoms with Crippen LogP contribution in [0.4, 0.5) is 40.8 Å². The van der Waals surface area contributed by atoms with Crippen LogP contribution in [0.5, 0.6) is 0 Å². The number of nitrogens with one attached hydrogen (secondary N) is 1. The molecule has 3 aromatic carbocycles. The van der Waals surface area contributed by atoms with Gasteiger partial charge in [0.15, 0.2) is 5.78 Å². The molecule has 0 saturated heterocycles. The highest BCUT2D eigenvalue weighted by molar-refractivity contribution is 5.94. The summed E-state index contributed by atoms with van der Waals surface area (Å²) in [4.78, 5) is 27.0. The zero-order valence-corrected chi connectivity index (χ0v) is 22.5. The second kappa shape index (κ2) is 12.8. The molecule has 0 amide bonds. The summed E-state index contributed by atoms with van der Waals surface area (Å²) >= 11 is 0. The number of aliphatic carboxylic acids is 1. The molecular formula is C31H22F8N2O3. The van der Waals surface area contributed by atoms with E-state index in [-0.39, 0.29) is 53.9 Å². The van der Waals surface area contributed by atoms with Crippen LogP contribution in [0.1, 0.15) is 46.4 Å². The summed E-state index contributed by atoms with van der Waals surface area (Å²) in [6, 6.07) is 10.6. The van der Waals surface area contributed by atoms with Crippen molar-refractivity contribution in [1.29, 1.82) is 0 Å². The largest absolute Gasteiger partial charge is 0.481 e. The van der Waals surface area contributed by atoms with Gasteiger partial charge in [0.25, 0.3) is 0 Å². The molecule has 1 heterocycles. The highest BCUT2D eigenvalue weighted by Crippen LogP contribution is 2.40. The van der Waals surface area contributed by atoms with Gasteiger partial charge in [-0.25, -0.2) is 8.78 Å². The highest BCUT2D eigenvalue weighted by Gasteiger charge is 2.35. The topological polar surface area (TPSA) is 79.3 Å². The van der Waals surface area contributed by atoms with Crippen molar-refractivity contribution in [2.75, 3.05) is 5.32 Å². The van der Waals surface area contributed by atoms with E-state index in [4.69, 9.17) is 5.11 Å². The fourth-order valence-corrected chi connectivity index (χ4v) is 4.45. The molecule has 230 valence electrons. The highest BCUT2D eigenvalue weighted by atomic mass is 19.4. The van der Waals surface area contributed by atoms with Gasteiger partial charge in [0.05, 0.1) is 11.1 Å². The molecule has 0 aliphatic heterocycles. The number of carboxylic acid groups (broad SMARTS) is 1. The van der Waals surface area contributed by atoms with Gasteiger partial charge >= 0.3 is 18.3 Å². The second-order valence-electron chi connectivity index (χ2n) is 9.71. The van der Waals surface area contributed by atoms with Crippen molar-refractivity contribution >= 4 is 17.4 Å². The maximum Gasteiger partial charge on any atom is 0.417 e. The molecule has 0 unspecified atom stereocenters. The number of hydrogen-bond acceptors (Lipinski definition) is 4. The van der Waals surface area contributed by atoms with Crippen LogP contribution in [0.3, 0.4) is 0 Å². The molecule has 0 atom stereocenters. The Balaban J connectivity index is 1.64. The number of benzene rings is 3. The average molecular weight is 623 g/mol. The Morgan fingerprint density at radius 3 is 2.11 bits per heavy atom. The van der Waals surface area contributed by atoms with Crippen LogP contribution in [0.15, 0.2) is 72.9 Å². The molecule has 0 spiro atoms. The molecule has 0 aliphatic carbocycles. The van der Waals surface area contributed by atoms with Gasteiger partial charge in [-0.2, -0.15) is 26.3 Å². The van der Waals surface area contributed by atoms with Crippen molar-refractivity contribution in [3.05, 3.63) is 107 Å². The molecule has 44 heavy (non-hydrogen) atoms. The fourth-order valence-electron chi connectivity index (χ4n) is 4.45. The van der Waals surface area contributed by atoms with Gasteiger partial charge in [-0.1, -0.05) is 18.2 Å². The Morgan fingerprint density at radius 2 is 1.50 bits per heavy atom. The minimum atomic E-state index is -4.92. The monoisotopic (exact) mass is 622 g/mol. The summed E-state index contributed by atoms with van der Waals surface area (Å²) in [6.45, 7) is -0.231. The Hall–Kier alpha value is -4.81. The zero-order chi connectivity index (χ0) is 32.2. The number of carbonyl (C=O) groups is 2. The van der Waals surface area contributed by atoms with Crippen molar-refractivity contribution < 1.29 is 49.8 Å². The molecule has 0 aliphatic rings. The molecule has 0 bridgehead atoms. The Kier molecular flexibility index (Phi) is 9.36. The van der Waals surface area contributed by atoms with Crippen molar-refractivity contribution in [1.82, 2.24) is 4.98 Å². The van der Waals surface area contributed by atoms with E-state index in [0.717, 1.165) is 36.4 Å². The van der Waals surface area contributed by atoms with Gasteiger partial charge in [0.2, 0.25) is 0 Å². The molecule has 1 aromatic heterocycles. The molecule has 0 fully saturated rings. The number of anilines is 1. The van der Waals surface area contributed by atoms with E-state index in [0.29, 0.717) is 12.1 Å². The molecule has 4 aromatic rings. The maximum atomic E-state index is 14.3. The van der Waals surface area contributed by atoms with Crippen LogP contribution in [-0.4, -0.2) is 21.8 Å². The molecule has 0 saturated carbocycles. The normalized spacial score (nSPS) is 11.8. The third-order valence-electron chi connectivity index (χ3n) is 6.62. The van der Waals surface area contributed by atoms with E-state index < -0.39 is 58.0 Å². The van der Waals surface area contributed by atoms with Crippen LogP contribution in [0.25, 0.3) is 22.3 Å². The van der Waals surface area contributed by atoms with Crippen LogP contribution < -0.4 is 5.32 Å². The second-order valence-corrected chi connectivity index (χ2v) is 9.71. The summed E-state index contributed by atoms with van der Waals surface area (Å²) in [5.74, 6) is -3.67. The number of carbonyl (C=O) groups excluding carboxylic acids is 1. The first-order valence-corrected chi connectivity index (χ1v) is 13.0. The maximum absolute atomic E-state index is 14.3. The van der Waals surface area contributed by atoms with Crippen LogP contribution >= 0.6 is 0 Å². The van der Waals surface area contributed by atoms with Crippen LogP contribution in [0, 0.1) is 11.6 Å². The lowest BCUT2D eigenvalue weighted by Crippen LogP contribution is -2.10. The number of ketones is 1. The standard InChI is InChI=1S/C31H22F8N2O3/c32-20-7-9-23(26(33)13-20)22-10-8-21(14-25(22)31(37,38)39)40-15-17-4-6-19(30(34,35)36)12-24(17)18-5-11-27(41-16-18)28(42)2-1-3-29(43)44/h4-14,16,40H,1-3,15H2,(H,43,44). The molecule has 4 rings (SSSR count). The predicted molar refractivity (Wildman–Crippen MR) is 145 cm³/mol. The smallest absolute Gasteiger partial charge is 0.417 e. The van der Waals surface area contributed by atoms with Gasteiger partial charge in [0, 0.05) is 48.5 Å². The number of halogens is 8. The Bertz CT molecular complexity index is 1680. The van der Waals surface area contributed by atoms with Gasteiger partial charge < -0.3 is 10.4 Å². The third kappa shape index (κ3) is 7.77. The first-order chi connectivity index (χ1) is 20.6. The predicted octanol–water partition coefficient (Wildman–Crippen LogP) is 8.78. The van der Waals surface area contributed by atoms with E-state index in [1.54, 1.807) is 0 Å².